The van der Waals surface area contributed by atoms with Crippen LogP contribution in [-0.4, -0.2) is 6.54 Å². The number of fused-ring (bicyclic) bond motifs is 2. The molecule has 1 heterocycles. The first-order valence-electron chi connectivity index (χ1n) is 5.34. The van der Waals surface area contributed by atoms with Crippen LogP contribution in [0.2, 0.25) is 0 Å². The van der Waals surface area contributed by atoms with Crippen molar-refractivity contribution < 1.29 is 0 Å². The Bertz CT molecular complexity index is 372. The van der Waals surface area contributed by atoms with Crippen LogP contribution in [0.15, 0.2) is 22.7 Å². The van der Waals surface area contributed by atoms with Gasteiger partial charge >= 0.3 is 0 Å². The molecule has 1 spiro atoms. The summed E-state index contributed by atoms with van der Waals surface area (Å²) >= 11 is 3.52. The summed E-state index contributed by atoms with van der Waals surface area (Å²) in [5.74, 6) is 0. The molecule has 0 amide bonds. The zero-order chi connectivity index (χ0) is 9.60. The van der Waals surface area contributed by atoms with Crippen molar-refractivity contribution >= 4 is 34.0 Å². The van der Waals surface area contributed by atoms with Crippen molar-refractivity contribution in [1.29, 1.82) is 0 Å². The van der Waals surface area contributed by atoms with Gasteiger partial charge < -0.3 is 5.32 Å². The topological polar surface area (TPSA) is 12.0 Å². The standard InChI is InChI=1S/C12H14BrN.ClH/c13-9-3-4-10-11(7-9)14-8-12(10)5-1-2-6-12;/h3-4,7,14H,1-2,5-6,8H2;1H. The highest BCUT2D eigenvalue weighted by atomic mass is 79.9. The minimum absolute atomic E-state index is 0. The van der Waals surface area contributed by atoms with E-state index in [9.17, 15) is 0 Å². The molecule has 15 heavy (non-hydrogen) atoms. The molecule has 1 aromatic rings. The third-order valence-electron chi connectivity index (χ3n) is 3.73. The fourth-order valence-corrected chi connectivity index (χ4v) is 3.34. The molecule has 3 heteroatoms. The Morgan fingerprint density at radius 3 is 2.67 bits per heavy atom. The van der Waals surface area contributed by atoms with Crippen molar-refractivity contribution in [2.75, 3.05) is 11.9 Å². The first-order chi connectivity index (χ1) is 6.80. The molecule has 1 nitrogen and oxygen atoms in total. The highest BCUT2D eigenvalue weighted by Crippen LogP contribution is 2.48. The maximum Gasteiger partial charge on any atom is 0.0390 e. The van der Waals surface area contributed by atoms with Crippen LogP contribution in [0.1, 0.15) is 31.2 Å². The van der Waals surface area contributed by atoms with E-state index in [0.717, 1.165) is 6.54 Å². The van der Waals surface area contributed by atoms with Gasteiger partial charge in [-0.2, -0.15) is 0 Å². The Labute approximate surface area is 105 Å². The second-order valence-corrected chi connectivity index (χ2v) is 5.45. The molecule has 82 valence electrons. The lowest BCUT2D eigenvalue weighted by atomic mass is 9.81. The van der Waals surface area contributed by atoms with Crippen LogP contribution >= 0.6 is 28.3 Å². The van der Waals surface area contributed by atoms with Crippen molar-refractivity contribution in [3.63, 3.8) is 0 Å². The van der Waals surface area contributed by atoms with Crippen molar-refractivity contribution in [3.05, 3.63) is 28.2 Å². The van der Waals surface area contributed by atoms with Crippen LogP contribution in [-0.2, 0) is 5.41 Å². The maximum atomic E-state index is 3.54. The highest BCUT2D eigenvalue weighted by molar-refractivity contribution is 9.10. The normalized spacial score (nSPS) is 20.9. The highest BCUT2D eigenvalue weighted by Gasteiger charge is 2.40. The van der Waals surface area contributed by atoms with Gasteiger partial charge in [0.2, 0.25) is 0 Å². The van der Waals surface area contributed by atoms with E-state index in [1.54, 1.807) is 5.56 Å². The van der Waals surface area contributed by atoms with Crippen LogP contribution in [0.25, 0.3) is 0 Å². The minimum atomic E-state index is 0. The monoisotopic (exact) mass is 287 g/mol. The summed E-state index contributed by atoms with van der Waals surface area (Å²) in [5, 5.41) is 3.54. The zero-order valence-electron chi connectivity index (χ0n) is 8.55. The largest absolute Gasteiger partial charge is 0.384 e. The lowest BCUT2D eigenvalue weighted by molar-refractivity contribution is 0.489. The first-order valence-corrected chi connectivity index (χ1v) is 6.13. The summed E-state index contributed by atoms with van der Waals surface area (Å²) in [5.41, 5.74) is 3.38. The average molecular weight is 289 g/mol. The summed E-state index contributed by atoms with van der Waals surface area (Å²) in [4.78, 5) is 0. The van der Waals surface area contributed by atoms with Crippen LogP contribution < -0.4 is 5.32 Å². The van der Waals surface area contributed by atoms with Crippen LogP contribution in [0.5, 0.6) is 0 Å². The summed E-state index contributed by atoms with van der Waals surface area (Å²) in [6.45, 7) is 1.15. The van der Waals surface area contributed by atoms with Gasteiger partial charge in [0.25, 0.3) is 0 Å². The Morgan fingerprint density at radius 1 is 1.20 bits per heavy atom. The fraction of sp³-hybridized carbons (Fsp3) is 0.500. The first kappa shape index (κ1) is 11.3. The fourth-order valence-electron chi connectivity index (χ4n) is 2.98. The molecule has 1 aromatic carbocycles. The predicted molar refractivity (Wildman–Crippen MR) is 70.0 cm³/mol. The van der Waals surface area contributed by atoms with Crippen molar-refractivity contribution in [2.45, 2.75) is 31.1 Å². The molecule has 1 saturated carbocycles. The number of anilines is 1. The second-order valence-electron chi connectivity index (χ2n) is 4.53. The quantitative estimate of drug-likeness (QED) is 0.757. The van der Waals surface area contributed by atoms with E-state index in [1.807, 2.05) is 0 Å². The number of halogens is 2. The van der Waals surface area contributed by atoms with Gasteiger partial charge in [0, 0.05) is 22.1 Å². The van der Waals surface area contributed by atoms with E-state index >= 15 is 0 Å². The molecule has 0 radical (unpaired) electrons. The molecule has 1 aliphatic heterocycles. The third-order valence-corrected chi connectivity index (χ3v) is 4.22. The molecular weight excluding hydrogens is 273 g/mol. The lowest BCUT2D eigenvalue weighted by Gasteiger charge is -2.22. The number of rotatable bonds is 0. The SMILES string of the molecule is Brc1ccc2c(c1)NCC21CCCC1.Cl. The Morgan fingerprint density at radius 2 is 1.93 bits per heavy atom. The van der Waals surface area contributed by atoms with E-state index in [-0.39, 0.29) is 12.4 Å². The molecule has 3 rings (SSSR count). The van der Waals surface area contributed by atoms with E-state index in [1.165, 1.54) is 35.8 Å². The predicted octanol–water partition coefficient (Wildman–Crippen LogP) is 4.11. The van der Waals surface area contributed by atoms with Gasteiger partial charge in [-0.3, -0.25) is 0 Å². The average Bonchev–Trinajstić information content (AvgIpc) is 2.77. The van der Waals surface area contributed by atoms with Crippen molar-refractivity contribution in [1.82, 2.24) is 0 Å². The van der Waals surface area contributed by atoms with E-state index in [2.05, 4.69) is 39.4 Å². The second kappa shape index (κ2) is 3.99. The van der Waals surface area contributed by atoms with E-state index < -0.39 is 0 Å². The Hall–Kier alpha value is -0.210. The maximum absolute atomic E-state index is 3.54. The van der Waals surface area contributed by atoms with Crippen LogP contribution in [0.3, 0.4) is 0 Å². The van der Waals surface area contributed by atoms with E-state index in [0.29, 0.717) is 5.41 Å². The molecule has 0 atom stereocenters. The summed E-state index contributed by atoms with van der Waals surface area (Å²) in [6.07, 6.45) is 5.54. The molecule has 0 aromatic heterocycles. The number of hydrogen-bond acceptors (Lipinski definition) is 1. The molecule has 0 bridgehead atoms. The third kappa shape index (κ3) is 1.68. The lowest BCUT2D eigenvalue weighted by Crippen LogP contribution is -2.23. The smallest absolute Gasteiger partial charge is 0.0390 e. The zero-order valence-corrected chi connectivity index (χ0v) is 11.0. The van der Waals surface area contributed by atoms with Crippen molar-refractivity contribution in [2.24, 2.45) is 0 Å². The molecule has 2 aliphatic rings. The van der Waals surface area contributed by atoms with Crippen LogP contribution in [0, 0.1) is 0 Å². The molecule has 0 unspecified atom stereocenters. The number of benzene rings is 1. The number of nitrogens with one attached hydrogen (secondary N) is 1. The molecular formula is C12H15BrClN. The van der Waals surface area contributed by atoms with Gasteiger partial charge in [0.15, 0.2) is 0 Å². The van der Waals surface area contributed by atoms with Gasteiger partial charge in [-0.25, -0.2) is 0 Å². The van der Waals surface area contributed by atoms with Gasteiger partial charge in [-0.1, -0.05) is 34.8 Å². The summed E-state index contributed by atoms with van der Waals surface area (Å²) in [7, 11) is 0. The molecule has 1 aliphatic carbocycles. The van der Waals surface area contributed by atoms with Gasteiger partial charge in [0.05, 0.1) is 0 Å². The Kier molecular flexibility index (Phi) is 3.00. The van der Waals surface area contributed by atoms with Gasteiger partial charge in [-0.15, -0.1) is 12.4 Å². The molecule has 0 saturated heterocycles. The molecule has 1 fully saturated rings. The summed E-state index contributed by atoms with van der Waals surface area (Å²) in [6, 6.07) is 6.68. The van der Waals surface area contributed by atoms with Gasteiger partial charge in [-0.05, 0) is 30.5 Å². The Balaban J connectivity index is 0.000000853. The summed E-state index contributed by atoms with van der Waals surface area (Å²) < 4.78 is 1.18. The van der Waals surface area contributed by atoms with Crippen LogP contribution in [0.4, 0.5) is 5.69 Å². The molecule has 1 N–H and O–H groups in total. The van der Waals surface area contributed by atoms with E-state index in [4.69, 9.17) is 0 Å². The number of hydrogen-bond donors (Lipinski definition) is 1. The minimum Gasteiger partial charge on any atom is -0.384 e. The van der Waals surface area contributed by atoms with Gasteiger partial charge in [0.1, 0.15) is 0 Å². The van der Waals surface area contributed by atoms with Crippen molar-refractivity contribution in [3.8, 4) is 0 Å².